The summed E-state index contributed by atoms with van der Waals surface area (Å²) in [6, 6.07) is 1.30. The van der Waals surface area contributed by atoms with Gasteiger partial charge in [0.1, 0.15) is 0 Å². The zero-order chi connectivity index (χ0) is 10.8. The van der Waals surface area contributed by atoms with E-state index in [4.69, 9.17) is 5.73 Å². The molecule has 1 heterocycles. The smallest absolute Gasteiger partial charge is 0.0171 e. The number of rotatable bonds is 3. The van der Waals surface area contributed by atoms with Crippen LogP contribution in [0.2, 0.25) is 0 Å². The second-order valence-electron chi connectivity index (χ2n) is 5.83. The molecule has 1 aliphatic heterocycles. The molecule has 0 aromatic heterocycles. The Morgan fingerprint density at radius 2 is 1.93 bits per heavy atom. The van der Waals surface area contributed by atoms with Crippen molar-refractivity contribution in [2.75, 3.05) is 13.1 Å². The maximum atomic E-state index is 6.16. The van der Waals surface area contributed by atoms with Gasteiger partial charge in [-0.05, 0) is 37.5 Å². The van der Waals surface area contributed by atoms with Gasteiger partial charge in [0.2, 0.25) is 0 Å². The molecule has 0 bridgehead atoms. The Morgan fingerprint density at radius 3 is 2.53 bits per heavy atom. The standard InChI is InChI=1S/C13H26N2/c1-3-4-11-7-12(14)9-15(8-11)13-5-10(2)6-13/h10-13H,3-9,14H2,1-2H3. The van der Waals surface area contributed by atoms with E-state index in [0.717, 1.165) is 24.4 Å². The summed E-state index contributed by atoms with van der Waals surface area (Å²) in [5, 5.41) is 0. The number of nitrogens with zero attached hydrogens (tertiary/aromatic N) is 1. The summed E-state index contributed by atoms with van der Waals surface area (Å²) in [7, 11) is 0. The van der Waals surface area contributed by atoms with Crippen LogP contribution in [-0.4, -0.2) is 30.1 Å². The molecule has 0 radical (unpaired) electrons. The van der Waals surface area contributed by atoms with E-state index >= 15 is 0 Å². The molecule has 15 heavy (non-hydrogen) atoms. The van der Waals surface area contributed by atoms with Crippen LogP contribution in [0.1, 0.15) is 46.0 Å². The molecule has 0 aromatic carbocycles. The molecule has 1 saturated carbocycles. The van der Waals surface area contributed by atoms with Gasteiger partial charge in [-0.1, -0.05) is 20.3 Å². The number of nitrogens with two attached hydrogens (primary N) is 1. The highest BCUT2D eigenvalue weighted by Crippen LogP contribution is 2.34. The molecule has 0 spiro atoms. The molecule has 0 amide bonds. The van der Waals surface area contributed by atoms with E-state index in [1.807, 2.05) is 0 Å². The van der Waals surface area contributed by atoms with Gasteiger partial charge in [-0.3, -0.25) is 4.90 Å². The zero-order valence-corrected chi connectivity index (χ0v) is 10.3. The fraction of sp³-hybridized carbons (Fsp3) is 1.00. The van der Waals surface area contributed by atoms with E-state index in [0.29, 0.717) is 6.04 Å². The third-order valence-electron chi connectivity index (χ3n) is 4.16. The van der Waals surface area contributed by atoms with Crippen LogP contribution in [0.5, 0.6) is 0 Å². The number of hydrogen-bond donors (Lipinski definition) is 1. The van der Waals surface area contributed by atoms with Gasteiger partial charge in [-0.2, -0.15) is 0 Å². The summed E-state index contributed by atoms with van der Waals surface area (Å²) in [5.74, 6) is 1.83. The second kappa shape index (κ2) is 4.84. The maximum absolute atomic E-state index is 6.16. The minimum absolute atomic E-state index is 0.436. The summed E-state index contributed by atoms with van der Waals surface area (Å²) in [6.45, 7) is 7.12. The Balaban J connectivity index is 1.83. The van der Waals surface area contributed by atoms with Gasteiger partial charge >= 0.3 is 0 Å². The van der Waals surface area contributed by atoms with Crippen LogP contribution in [0.3, 0.4) is 0 Å². The minimum atomic E-state index is 0.436. The van der Waals surface area contributed by atoms with Crippen molar-refractivity contribution < 1.29 is 0 Å². The maximum Gasteiger partial charge on any atom is 0.0171 e. The third kappa shape index (κ3) is 2.73. The van der Waals surface area contributed by atoms with Gasteiger partial charge in [0.05, 0.1) is 0 Å². The molecule has 2 aliphatic rings. The molecule has 1 aliphatic carbocycles. The van der Waals surface area contributed by atoms with Crippen LogP contribution in [-0.2, 0) is 0 Å². The molecule has 2 N–H and O–H groups in total. The first-order valence-corrected chi connectivity index (χ1v) is 6.68. The van der Waals surface area contributed by atoms with Crippen molar-refractivity contribution in [1.29, 1.82) is 0 Å². The monoisotopic (exact) mass is 210 g/mol. The van der Waals surface area contributed by atoms with Crippen molar-refractivity contribution in [2.45, 2.75) is 58.0 Å². The highest BCUT2D eigenvalue weighted by molar-refractivity contribution is 4.90. The number of hydrogen-bond acceptors (Lipinski definition) is 2. The average Bonchev–Trinajstić information content (AvgIpc) is 2.12. The van der Waals surface area contributed by atoms with Crippen LogP contribution >= 0.6 is 0 Å². The van der Waals surface area contributed by atoms with Gasteiger partial charge in [0.15, 0.2) is 0 Å². The highest BCUT2D eigenvalue weighted by Gasteiger charge is 2.35. The summed E-state index contributed by atoms with van der Waals surface area (Å²) in [5.41, 5.74) is 6.16. The quantitative estimate of drug-likeness (QED) is 0.774. The number of piperidine rings is 1. The predicted octanol–water partition coefficient (Wildman–Crippen LogP) is 2.23. The zero-order valence-electron chi connectivity index (χ0n) is 10.3. The van der Waals surface area contributed by atoms with Crippen molar-refractivity contribution in [3.05, 3.63) is 0 Å². The molecular formula is C13H26N2. The van der Waals surface area contributed by atoms with Gasteiger partial charge in [-0.15, -0.1) is 0 Å². The van der Waals surface area contributed by atoms with Crippen molar-refractivity contribution in [2.24, 2.45) is 17.6 Å². The molecule has 0 aromatic rings. The van der Waals surface area contributed by atoms with E-state index in [9.17, 15) is 0 Å². The molecule has 2 atom stereocenters. The Hall–Kier alpha value is -0.0800. The lowest BCUT2D eigenvalue weighted by molar-refractivity contribution is 0.0382. The first-order chi connectivity index (χ1) is 7.19. The average molecular weight is 210 g/mol. The van der Waals surface area contributed by atoms with E-state index in [-0.39, 0.29) is 0 Å². The normalized spacial score (nSPS) is 42.6. The lowest BCUT2D eigenvalue weighted by atomic mass is 9.78. The Bertz CT molecular complexity index is 199. The molecule has 2 rings (SSSR count). The summed E-state index contributed by atoms with van der Waals surface area (Å²) in [4.78, 5) is 2.68. The molecular weight excluding hydrogens is 184 g/mol. The van der Waals surface area contributed by atoms with Crippen molar-refractivity contribution in [1.82, 2.24) is 4.90 Å². The lowest BCUT2D eigenvalue weighted by Gasteiger charge is -2.47. The molecule has 2 heteroatoms. The van der Waals surface area contributed by atoms with Gasteiger partial charge in [-0.25, -0.2) is 0 Å². The Labute approximate surface area is 94.2 Å². The van der Waals surface area contributed by atoms with Crippen molar-refractivity contribution >= 4 is 0 Å². The van der Waals surface area contributed by atoms with Gasteiger partial charge in [0, 0.05) is 25.2 Å². The molecule has 88 valence electrons. The fourth-order valence-corrected chi connectivity index (χ4v) is 3.36. The Morgan fingerprint density at radius 1 is 1.20 bits per heavy atom. The molecule has 1 saturated heterocycles. The largest absolute Gasteiger partial charge is 0.327 e. The van der Waals surface area contributed by atoms with E-state index in [2.05, 4.69) is 18.7 Å². The van der Waals surface area contributed by atoms with Crippen LogP contribution in [0.25, 0.3) is 0 Å². The molecule has 2 nitrogen and oxygen atoms in total. The van der Waals surface area contributed by atoms with Crippen molar-refractivity contribution in [3.63, 3.8) is 0 Å². The first-order valence-electron chi connectivity index (χ1n) is 6.68. The number of likely N-dealkylation sites (tertiary alicyclic amines) is 1. The first kappa shape index (κ1) is 11.4. The molecule has 2 unspecified atom stereocenters. The third-order valence-corrected chi connectivity index (χ3v) is 4.16. The van der Waals surface area contributed by atoms with E-state index in [1.165, 1.54) is 38.6 Å². The highest BCUT2D eigenvalue weighted by atomic mass is 15.2. The topological polar surface area (TPSA) is 29.3 Å². The minimum Gasteiger partial charge on any atom is -0.327 e. The summed E-state index contributed by atoms with van der Waals surface area (Å²) >= 11 is 0. The van der Waals surface area contributed by atoms with Gasteiger partial charge in [0.25, 0.3) is 0 Å². The predicted molar refractivity (Wildman–Crippen MR) is 64.7 cm³/mol. The Kier molecular flexibility index (Phi) is 3.68. The summed E-state index contributed by atoms with van der Waals surface area (Å²) < 4.78 is 0. The van der Waals surface area contributed by atoms with Crippen LogP contribution in [0.15, 0.2) is 0 Å². The lowest BCUT2D eigenvalue weighted by Crippen LogP contribution is -2.54. The van der Waals surface area contributed by atoms with E-state index < -0.39 is 0 Å². The SMILES string of the molecule is CCCC1CC(N)CN(C2CC(C)C2)C1. The van der Waals surface area contributed by atoms with Crippen LogP contribution < -0.4 is 5.73 Å². The van der Waals surface area contributed by atoms with E-state index in [1.54, 1.807) is 0 Å². The summed E-state index contributed by atoms with van der Waals surface area (Å²) in [6.07, 6.45) is 6.75. The van der Waals surface area contributed by atoms with Crippen LogP contribution in [0, 0.1) is 11.8 Å². The van der Waals surface area contributed by atoms with Crippen LogP contribution in [0.4, 0.5) is 0 Å². The molecule has 2 fully saturated rings. The second-order valence-corrected chi connectivity index (χ2v) is 5.83. The fourth-order valence-electron chi connectivity index (χ4n) is 3.36. The van der Waals surface area contributed by atoms with Crippen molar-refractivity contribution in [3.8, 4) is 0 Å². The van der Waals surface area contributed by atoms with Gasteiger partial charge < -0.3 is 5.73 Å².